The molecule has 0 aliphatic carbocycles. The van der Waals surface area contributed by atoms with Crippen LogP contribution in [-0.2, 0) is 11.3 Å². The molecule has 1 heterocycles. The standard InChI is InChI=1S/C7H14N6OS/c1-8-3-4-13-7(10-11-12-13)15-5-6(14)9-2/h8H,3-5H2,1-2H3,(H,9,14). The molecular formula is C7H14N6OS. The highest BCUT2D eigenvalue weighted by atomic mass is 32.2. The highest BCUT2D eigenvalue weighted by Gasteiger charge is 2.08. The van der Waals surface area contributed by atoms with E-state index in [1.807, 2.05) is 7.05 Å². The molecule has 0 aliphatic heterocycles. The van der Waals surface area contributed by atoms with E-state index in [9.17, 15) is 4.79 Å². The van der Waals surface area contributed by atoms with Gasteiger partial charge in [0.1, 0.15) is 0 Å². The van der Waals surface area contributed by atoms with Gasteiger partial charge in [-0.05, 0) is 17.5 Å². The number of likely N-dealkylation sites (N-methyl/N-ethyl adjacent to an activating group) is 1. The van der Waals surface area contributed by atoms with Crippen molar-refractivity contribution in [3.63, 3.8) is 0 Å². The molecule has 1 aromatic rings. The van der Waals surface area contributed by atoms with Gasteiger partial charge in [-0.2, -0.15) is 0 Å². The Bertz CT molecular complexity index is 314. The Morgan fingerprint density at radius 2 is 2.33 bits per heavy atom. The molecule has 0 saturated heterocycles. The van der Waals surface area contributed by atoms with Gasteiger partial charge in [-0.15, -0.1) is 5.10 Å². The minimum absolute atomic E-state index is 0.0387. The summed E-state index contributed by atoms with van der Waals surface area (Å²) < 4.78 is 1.67. The zero-order chi connectivity index (χ0) is 11.1. The first-order valence-corrected chi connectivity index (χ1v) is 5.50. The van der Waals surface area contributed by atoms with Crippen molar-refractivity contribution in [3.05, 3.63) is 0 Å². The first-order chi connectivity index (χ1) is 7.27. The van der Waals surface area contributed by atoms with Crippen LogP contribution in [0.2, 0.25) is 0 Å². The zero-order valence-electron chi connectivity index (χ0n) is 8.73. The molecule has 7 nitrogen and oxygen atoms in total. The lowest BCUT2D eigenvalue weighted by Crippen LogP contribution is -2.20. The summed E-state index contributed by atoms with van der Waals surface area (Å²) in [6.07, 6.45) is 0. The minimum atomic E-state index is -0.0387. The van der Waals surface area contributed by atoms with E-state index >= 15 is 0 Å². The van der Waals surface area contributed by atoms with E-state index in [1.165, 1.54) is 11.8 Å². The second kappa shape index (κ2) is 6.36. The zero-order valence-corrected chi connectivity index (χ0v) is 9.54. The molecule has 1 rings (SSSR count). The minimum Gasteiger partial charge on any atom is -0.358 e. The Morgan fingerprint density at radius 1 is 1.53 bits per heavy atom. The van der Waals surface area contributed by atoms with Crippen molar-refractivity contribution in [2.45, 2.75) is 11.7 Å². The molecule has 0 aromatic carbocycles. The lowest BCUT2D eigenvalue weighted by atomic mass is 10.6. The van der Waals surface area contributed by atoms with Crippen LogP contribution in [0.1, 0.15) is 0 Å². The maximum atomic E-state index is 11.0. The van der Waals surface area contributed by atoms with Gasteiger partial charge < -0.3 is 10.6 Å². The van der Waals surface area contributed by atoms with E-state index in [0.29, 0.717) is 17.5 Å². The summed E-state index contributed by atoms with van der Waals surface area (Å²) in [5, 5.41) is 17.4. The number of aromatic nitrogens is 4. The number of amides is 1. The number of carbonyl (C=O) groups is 1. The summed E-state index contributed by atoms with van der Waals surface area (Å²) in [5.74, 6) is 0.291. The highest BCUT2D eigenvalue weighted by molar-refractivity contribution is 7.99. The van der Waals surface area contributed by atoms with Gasteiger partial charge in [-0.1, -0.05) is 11.8 Å². The van der Waals surface area contributed by atoms with E-state index in [1.54, 1.807) is 11.7 Å². The van der Waals surface area contributed by atoms with Crippen LogP contribution in [0.3, 0.4) is 0 Å². The summed E-state index contributed by atoms with van der Waals surface area (Å²) in [6.45, 7) is 1.48. The predicted octanol–water partition coefficient (Wildman–Crippen LogP) is -1.27. The Morgan fingerprint density at radius 3 is 3.00 bits per heavy atom. The number of hydrogen-bond donors (Lipinski definition) is 2. The fourth-order valence-electron chi connectivity index (χ4n) is 0.860. The molecule has 0 fully saturated rings. The molecule has 0 unspecified atom stereocenters. The van der Waals surface area contributed by atoms with Crippen LogP contribution in [0.15, 0.2) is 5.16 Å². The van der Waals surface area contributed by atoms with Crippen molar-refractivity contribution in [2.24, 2.45) is 0 Å². The Balaban J connectivity index is 2.45. The van der Waals surface area contributed by atoms with Crippen LogP contribution in [-0.4, -0.2) is 52.5 Å². The molecule has 0 saturated carbocycles. The second-order valence-electron chi connectivity index (χ2n) is 2.75. The van der Waals surface area contributed by atoms with E-state index < -0.39 is 0 Å². The maximum Gasteiger partial charge on any atom is 0.230 e. The first-order valence-electron chi connectivity index (χ1n) is 4.52. The van der Waals surface area contributed by atoms with Crippen LogP contribution in [0.4, 0.5) is 0 Å². The fraction of sp³-hybridized carbons (Fsp3) is 0.714. The smallest absolute Gasteiger partial charge is 0.230 e. The van der Waals surface area contributed by atoms with E-state index in [-0.39, 0.29) is 5.91 Å². The van der Waals surface area contributed by atoms with Crippen LogP contribution in [0, 0.1) is 0 Å². The number of tetrazole rings is 1. The maximum absolute atomic E-state index is 11.0. The molecule has 1 aromatic heterocycles. The molecule has 0 spiro atoms. The molecule has 2 N–H and O–H groups in total. The second-order valence-corrected chi connectivity index (χ2v) is 3.69. The molecule has 0 bridgehead atoms. The molecule has 15 heavy (non-hydrogen) atoms. The van der Waals surface area contributed by atoms with Gasteiger partial charge in [0.2, 0.25) is 11.1 Å². The normalized spacial score (nSPS) is 10.3. The SMILES string of the molecule is CNCCn1nnnc1SCC(=O)NC. The monoisotopic (exact) mass is 230 g/mol. The number of thioether (sulfide) groups is 1. The van der Waals surface area contributed by atoms with E-state index in [2.05, 4.69) is 26.2 Å². The third kappa shape index (κ3) is 3.84. The molecule has 8 heteroatoms. The topological polar surface area (TPSA) is 84.7 Å². The number of nitrogens with zero attached hydrogens (tertiary/aromatic N) is 4. The molecule has 0 radical (unpaired) electrons. The van der Waals surface area contributed by atoms with Crippen LogP contribution < -0.4 is 10.6 Å². The summed E-state index contributed by atoms with van der Waals surface area (Å²) in [6, 6.07) is 0. The fourth-order valence-corrected chi connectivity index (χ4v) is 1.64. The third-order valence-corrected chi connectivity index (χ3v) is 2.64. The Labute approximate surface area is 92.0 Å². The van der Waals surface area contributed by atoms with E-state index in [4.69, 9.17) is 0 Å². The molecular weight excluding hydrogens is 216 g/mol. The third-order valence-electron chi connectivity index (χ3n) is 1.68. The number of rotatable bonds is 6. The van der Waals surface area contributed by atoms with Crippen molar-refractivity contribution in [1.82, 2.24) is 30.8 Å². The molecule has 0 aliphatic rings. The van der Waals surface area contributed by atoms with Crippen molar-refractivity contribution in [1.29, 1.82) is 0 Å². The largest absolute Gasteiger partial charge is 0.358 e. The number of hydrogen-bond acceptors (Lipinski definition) is 6. The highest BCUT2D eigenvalue weighted by Crippen LogP contribution is 2.12. The van der Waals surface area contributed by atoms with Crippen molar-refractivity contribution < 1.29 is 4.79 Å². The van der Waals surface area contributed by atoms with Gasteiger partial charge in [-0.3, -0.25) is 4.79 Å². The van der Waals surface area contributed by atoms with Crippen LogP contribution in [0.5, 0.6) is 0 Å². The lowest BCUT2D eigenvalue weighted by molar-refractivity contribution is -0.118. The number of nitrogens with one attached hydrogen (secondary N) is 2. The van der Waals surface area contributed by atoms with Gasteiger partial charge in [0.25, 0.3) is 0 Å². The number of carbonyl (C=O) groups excluding carboxylic acids is 1. The van der Waals surface area contributed by atoms with Crippen molar-refractivity contribution in [2.75, 3.05) is 26.4 Å². The Hall–Kier alpha value is -1.15. The quantitative estimate of drug-likeness (QED) is 0.593. The van der Waals surface area contributed by atoms with Gasteiger partial charge in [0.05, 0.1) is 12.3 Å². The van der Waals surface area contributed by atoms with E-state index in [0.717, 1.165) is 6.54 Å². The molecule has 84 valence electrons. The van der Waals surface area contributed by atoms with Gasteiger partial charge in [-0.25, -0.2) is 4.68 Å². The molecule has 1 amide bonds. The summed E-state index contributed by atoms with van der Waals surface area (Å²) in [4.78, 5) is 11.0. The van der Waals surface area contributed by atoms with Crippen molar-refractivity contribution >= 4 is 17.7 Å². The van der Waals surface area contributed by atoms with Crippen molar-refractivity contribution in [3.8, 4) is 0 Å². The van der Waals surface area contributed by atoms with Gasteiger partial charge in [0, 0.05) is 13.6 Å². The average molecular weight is 230 g/mol. The molecule has 0 atom stereocenters. The lowest BCUT2D eigenvalue weighted by Gasteiger charge is -2.02. The first kappa shape index (κ1) is 11.9. The summed E-state index contributed by atoms with van der Waals surface area (Å²) >= 11 is 1.32. The van der Waals surface area contributed by atoms with Gasteiger partial charge in [0.15, 0.2) is 0 Å². The van der Waals surface area contributed by atoms with Gasteiger partial charge >= 0.3 is 0 Å². The van der Waals surface area contributed by atoms with Crippen LogP contribution in [0.25, 0.3) is 0 Å². The predicted molar refractivity (Wildman–Crippen MR) is 56.5 cm³/mol. The summed E-state index contributed by atoms with van der Waals surface area (Å²) in [5.41, 5.74) is 0. The average Bonchev–Trinajstić information content (AvgIpc) is 2.70. The summed E-state index contributed by atoms with van der Waals surface area (Å²) in [7, 11) is 3.47. The Kier molecular flexibility index (Phi) is 5.05. The van der Waals surface area contributed by atoms with Crippen LogP contribution >= 0.6 is 11.8 Å².